The molecule has 4 rings (SSSR count). The molecule has 8 heteroatoms. The lowest BCUT2D eigenvalue weighted by atomic mass is 10.0. The average Bonchev–Trinajstić information content (AvgIpc) is 3.01. The van der Waals surface area contributed by atoms with Crippen LogP contribution >= 0.6 is 0 Å². The van der Waals surface area contributed by atoms with E-state index in [2.05, 4.69) is 30.3 Å². The van der Waals surface area contributed by atoms with Gasteiger partial charge in [-0.2, -0.15) is 5.10 Å². The highest BCUT2D eigenvalue weighted by Crippen LogP contribution is 2.25. The Bertz CT molecular complexity index is 919. The minimum atomic E-state index is -0.106. The highest BCUT2D eigenvalue weighted by molar-refractivity contribution is 5.92. The van der Waals surface area contributed by atoms with Crippen LogP contribution < -0.4 is 10.2 Å². The summed E-state index contributed by atoms with van der Waals surface area (Å²) in [7, 11) is 1.84. The van der Waals surface area contributed by atoms with E-state index in [1.807, 2.05) is 26.1 Å². The Kier molecular flexibility index (Phi) is 4.24. The number of aromatic nitrogens is 5. The predicted octanol–water partition coefficient (Wildman–Crippen LogP) is 1.47. The topological polar surface area (TPSA) is 88.8 Å². The molecule has 26 heavy (non-hydrogen) atoms. The first kappa shape index (κ1) is 16.4. The minimum absolute atomic E-state index is 0.106. The van der Waals surface area contributed by atoms with Gasteiger partial charge < -0.3 is 10.2 Å². The first-order valence-electron chi connectivity index (χ1n) is 8.73. The minimum Gasteiger partial charge on any atom is -0.356 e. The number of pyridine rings is 1. The van der Waals surface area contributed by atoms with Crippen molar-refractivity contribution in [1.29, 1.82) is 0 Å². The summed E-state index contributed by atoms with van der Waals surface area (Å²) in [5.41, 5.74) is 2.29. The molecule has 134 valence electrons. The van der Waals surface area contributed by atoms with Gasteiger partial charge in [0.25, 0.3) is 5.91 Å². The zero-order valence-corrected chi connectivity index (χ0v) is 14.9. The second-order valence-electron chi connectivity index (χ2n) is 6.62. The monoisotopic (exact) mass is 351 g/mol. The number of nitrogens with zero attached hydrogens (tertiary/aromatic N) is 6. The van der Waals surface area contributed by atoms with Crippen LogP contribution in [0.3, 0.4) is 0 Å². The SMILES string of the molecule is Cc1cc(C(=O)NC2CCN(c3ncnc4cnccc34)CC2)nn1C. The fraction of sp³-hybridized carbons (Fsp3) is 0.389. The van der Waals surface area contributed by atoms with E-state index in [1.54, 1.807) is 23.4 Å². The number of amides is 1. The van der Waals surface area contributed by atoms with Crippen LogP contribution in [-0.2, 0) is 7.05 Å². The molecule has 0 spiro atoms. The van der Waals surface area contributed by atoms with E-state index in [0.29, 0.717) is 5.69 Å². The van der Waals surface area contributed by atoms with Crippen LogP contribution in [0.25, 0.3) is 10.9 Å². The summed E-state index contributed by atoms with van der Waals surface area (Å²) < 4.78 is 1.71. The molecule has 0 atom stereocenters. The van der Waals surface area contributed by atoms with E-state index in [4.69, 9.17) is 0 Å². The van der Waals surface area contributed by atoms with Gasteiger partial charge in [-0.3, -0.25) is 14.5 Å². The summed E-state index contributed by atoms with van der Waals surface area (Å²) in [6, 6.07) is 3.91. The fourth-order valence-electron chi connectivity index (χ4n) is 3.31. The fourth-order valence-corrected chi connectivity index (χ4v) is 3.31. The quantitative estimate of drug-likeness (QED) is 0.769. The molecule has 0 aromatic carbocycles. The van der Waals surface area contributed by atoms with Gasteiger partial charge in [-0.05, 0) is 31.9 Å². The summed E-state index contributed by atoms with van der Waals surface area (Å²) in [5, 5.41) is 8.35. The number of anilines is 1. The third kappa shape index (κ3) is 3.10. The molecule has 0 radical (unpaired) electrons. The molecule has 1 aliphatic rings. The van der Waals surface area contributed by atoms with Crippen molar-refractivity contribution in [2.75, 3.05) is 18.0 Å². The molecule has 4 heterocycles. The third-order valence-corrected chi connectivity index (χ3v) is 4.89. The van der Waals surface area contributed by atoms with Crippen molar-refractivity contribution < 1.29 is 4.79 Å². The molecule has 3 aromatic rings. The normalized spacial score (nSPS) is 15.4. The Hall–Kier alpha value is -3.03. The molecule has 1 amide bonds. The maximum absolute atomic E-state index is 12.4. The smallest absolute Gasteiger partial charge is 0.272 e. The number of piperidine rings is 1. The first-order valence-corrected chi connectivity index (χ1v) is 8.73. The van der Waals surface area contributed by atoms with E-state index < -0.39 is 0 Å². The van der Waals surface area contributed by atoms with Crippen molar-refractivity contribution in [3.05, 3.63) is 42.2 Å². The van der Waals surface area contributed by atoms with Gasteiger partial charge in [0.1, 0.15) is 17.8 Å². The first-order chi connectivity index (χ1) is 12.6. The van der Waals surface area contributed by atoms with Crippen LogP contribution in [0, 0.1) is 6.92 Å². The van der Waals surface area contributed by atoms with Gasteiger partial charge in [-0.15, -0.1) is 0 Å². The highest BCUT2D eigenvalue weighted by atomic mass is 16.2. The molecule has 1 saturated heterocycles. The molecular weight excluding hydrogens is 330 g/mol. The summed E-state index contributed by atoms with van der Waals surface area (Å²) in [4.78, 5) is 27.5. The number of aryl methyl sites for hydroxylation is 2. The van der Waals surface area contributed by atoms with Gasteiger partial charge in [0.15, 0.2) is 0 Å². The number of hydrogen-bond donors (Lipinski definition) is 1. The van der Waals surface area contributed by atoms with E-state index in [9.17, 15) is 4.79 Å². The van der Waals surface area contributed by atoms with Crippen LogP contribution in [0.1, 0.15) is 29.0 Å². The van der Waals surface area contributed by atoms with Gasteiger partial charge in [0.05, 0.1) is 11.7 Å². The molecule has 0 aliphatic carbocycles. The van der Waals surface area contributed by atoms with Gasteiger partial charge in [-0.1, -0.05) is 0 Å². The zero-order valence-electron chi connectivity index (χ0n) is 14.9. The standard InChI is InChI=1S/C18H21N7O/c1-12-9-15(23-24(12)2)18(26)22-13-4-7-25(8-5-13)17-14-3-6-19-10-16(14)20-11-21-17/h3,6,9-11,13H,4-5,7-8H2,1-2H3,(H,22,26). The number of hydrogen-bond acceptors (Lipinski definition) is 6. The van der Waals surface area contributed by atoms with Crippen LogP contribution in [-0.4, -0.2) is 49.8 Å². The van der Waals surface area contributed by atoms with Crippen molar-refractivity contribution in [3.8, 4) is 0 Å². The molecule has 1 fully saturated rings. The molecular formula is C18H21N7O. The summed E-state index contributed by atoms with van der Waals surface area (Å²) >= 11 is 0. The Morgan fingerprint density at radius 2 is 2.08 bits per heavy atom. The van der Waals surface area contributed by atoms with Crippen LogP contribution in [0.15, 0.2) is 30.9 Å². The van der Waals surface area contributed by atoms with Gasteiger partial charge in [0, 0.05) is 43.5 Å². The second-order valence-corrected chi connectivity index (χ2v) is 6.62. The Morgan fingerprint density at radius 3 is 2.81 bits per heavy atom. The molecule has 1 aliphatic heterocycles. The lowest BCUT2D eigenvalue weighted by Gasteiger charge is -2.33. The van der Waals surface area contributed by atoms with Crippen molar-refractivity contribution >= 4 is 22.6 Å². The van der Waals surface area contributed by atoms with Crippen molar-refractivity contribution in [1.82, 2.24) is 30.0 Å². The molecule has 0 bridgehead atoms. The van der Waals surface area contributed by atoms with Gasteiger partial charge in [-0.25, -0.2) is 9.97 Å². The second kappa shape index (κ2) is 6.70. The van der Waals surface area contributed by atoms with Crippen LogP contribution in [0.5, 0.6) is 0 Å². The van der Waals surface area contributed by atoms with E-state index in [-0.39, 0.29) is 11.9 Å². The number of carbonyl (C=O) groups is 1. The maximum Gasteiger partial charge on any atom is 0.272 e. The summed E-state index contributed by atoms with van der Waals surface area (Å²) in [6.07, 6.45) is 6.83. The molecule has 0 saturated carbocycles. The Labute approximate surface area is 151 Å². The van der Waals surface area contributed by atoms with Gasteiger partial charge >= 0.3 is 0 Å². The summed E-state index contributed by atoms with van der Waals surface area (Å²) in [5.74, 6) is 0.827. The van der Waals surface area contributed by atoms with E-state index in [1.165, 1.54) is 0 Å². The lowest BCUT2D eigenvalue weighted by molar-refractivity contribution is 0.0925. The largest absolute Gasteiger partial charge is 0.356 e. The number of rotatable bonds is 3. The predicted molar refractivity (Wildman–Crippen MR) is 98.0 cm³/mol. The lowest BCUT2D eigenvalue weighted by Crippen LogP contribution is -2.45. The average molecular weight is 351 g/mol. The van der Waals surface area contributed by atoms with E-state index >= 15 is 0 Å². The Morgan fingerprint density at radius 1 is 1.27 bits per heavy atom. The Balaban J connectivity index is 1.41. The molecule has 0 unspecified atom stereocenters. The van der Waals surface area contributed by atoms with Crippen molar-refractivity contribution in [2.24, 2.45) is 7.05 Å². The van der Waals surface area contributed by atoms with Crippen molar-refractivity contribution in [3.63, 3.8) is 0 Å². The zero-order chi connectivity index (χ0) is 18.1. The van der Waals surface area contributed by atoms with Crippen LogP contribution in [0.2, 0.25) is 0 Å². The molecule has 3 aromatic heterocycles. The van der Waals surface area contributed by atoms with E-state index in [0.717, 1.165) is 48.3 Å². The van der Waals surface area contributed by atoms with Gasteiger partial charge in [0.2, 0.25) is 0 Å². The van der Waals surface area contributed by atoms with Crippen LogP contribution in [0.4, 0.5) is 5.82 Å². The van der Waals surface area contributed by atoms with Crippen molar-refractivity contribution in [2.45, 2.75) is 25.8 Å². The number of nitrogens with one attached hydrogen (secondary N) is 1. The number of carbonyl (C=O) groups excluding carboxylic acids is 1. The number of fused-ring (bicyclic) bond motifs is 1. The third-order valence-electron chi connectivity index (χ3n) is 4.89. The highest BCUT2D eigenvalue weighted by Gasteiger charge is 2.24. The maximum atomic E-state index is 12.4. The molecule has 1 N–H and O–H groups in total. The summed E-state index contributed by atoms with van der Waals surface area (Å²) in [6.45, 7) is 3.60. The molecule has 8 nitrogen and oxygen atoms in total.